The molecule has 2 saturated carbocycles. The molecule has 0 heterocycles. The van der Waals surface area contributed by atoms with Crippen LogP contribution in [0.2, 0.25) is 0 Å². The van der Waals surface area contributed by atoms with Crippen molar-refractivity contribution in [2.45, 2.75) is 57.8 Å². The summed E-state index contributed by atoms with van der Waals surface area (Å²) in [6.45, 7) is 2.86. The lowest BCUT2D eigenvalue weighted by Crippen LogP contribution is -2.44. The largest absolute Gasteiger partial charge is 0.497 e. The highest BCUT2D eigenvalue weighted by Gasteiger charge is 2.58. The van der Waals surface area contributed by atoms with E-state index in [0.29, 0.717) is 42.4 Å². The highest BCUT2D eigenvalue weighted by molar-refractivity contribution is 6.01. The molecule has 2 fully saturated rings. The van der Waals surface area contributed by atoms with Gasteiger partial charge in [0, 0.05) is 23.8 Å². The summed E-state index contributed by atoms with van der Waals surface area (Å²) in [6, 6.07) is 20.4. The van der Waals surface area contributed by atoms with Crippen molar-refractivity contribution in [3.05, 3.63) is 71.8 Å². The number of methoxy groups -OCH3 is 1. The third kappa shape index (κ3) is 4.36. The lowest BCUT2D eigenvalue weighted by molar-refractivity contribution is -0.129. The van der Waals surface area contributed by atoms with Crippen molar-refractivity contribution in [1.82, 2.24) is 5.32 Å². The molecule has 198 valence electrons. The summed E-state index contributed by atoms with van der Waals surface area (Å²) in [6.07, 6.45) is 6.88. The molecular formula is C33H38N2O3. The van der Waals surface area contributed by atoms with E-state index in [1.807, 2.05) is 42.5 Å². The zero-order valence-corrected chi connectivity index (χ0v) is 22.5. The minimum atomic E-state index is -0.186. The van der Waals surface area contributed by atoms with E-state index in [1.54, 1.807) is 7.11 Å². The molecule has 3 aliphatic rings. The maximum atomic E-state index is 13.3. The van der Waals surface area contributed by atoms with E-state index in [2.05, 4.69) is 35.8 Å². The maximum absolute atomic E-state index is 13.3. The molecule has 5 atom stereocenters. The minimum absolute atomic E-state index is 0.175. The van der Waals surface area contributed by atoms with Crippen LogP contribution in [0.5, 0.6) is 5.75 Å². The third-order valence-electron chi connectivity index (χ3n) is 9.85. The van der Waals surface area contributed by atoms with E-state index in [4.69, 9.17) is 4.74 Å². The number of hydrogen-bond donors (Lipinski definition) is 2. The number of aryl methyl sites for hydroxylation is 1. The molecule has 5 heteroatoms. The molecule has 0 bridgehead atoms. The number of urea groups is 1. The molecule has 0 saturated heterocycles. The first kappa shape index (κ1) is 25.0. The van der Waals surface area contributed by atoms with E-state index >= 15 is 0 Å². The van der Waals surface area contributed by atoms with Crippen molar-refractivity contribution in [2.75, 3.05) is 19.0 Å². The van der Waals surface area contributed by atoms with Gasteiger partial charge < -0.3 is 15.4 Å². The first-order valence-electron chi connectivity index (χ1n) is 14.2. The summed E-state index contributed by atoms with van der Waals surface area (Å²) in [5.41, 5.74) is 3.54. The molecular weight excluding hydrogens is 472 g/mol. The van der Waals surface area contributed by atoms with Crippen molar-refractivity contribution < 1.29 is 14.3 Å². The van der Waals surface area contributed by atoms with Gasteiger partial charge in [0.15, 0.2) is 0 Å². The summed E-state index contributed by atoms with van der Waals surface area (Å²) in [7, 11) is 1.73. The first-order valence-corrected chi connectivity index (χ1v) is 14.2. The van der Waals surface area contributed by atoms with E-state index in [0.717, 1.165) is 60.7 Å². The van der Waals surface area contributed by atoms with Crippen LogP contribution in [0.4, 0.5) is 10.5 Å². The lowest BCUT2D eigenvalue weighted by Gasteiger charge is -2.50. The Bertz CT molecular complexity index is 1360. The van der Waals surface area contributed by atoms with Crippen LogP contribution in [0.3, 0.4) is 0 Å². The monoisotopic (exact) mass is 510 g/mol. The smallest absolute Gasteiger partial charge is 0.319 e. The molecule has 2 amide bonds. The van der Waals surface area contributed by atoms with Gasteiger partial charge in [-0.2, -0.15) is 0 Å². The number of ketones is 1. The molecule has 0 aromatic heterocycles. The van der Waals surface area contributed by atoms with Crippen LogP contribution in [0.15, 0.2) is 60.7 Å². The van der Waals surface area contributed by atoms with Crippen molar-refractivity contribution in [3.63, 3.8) is 0 Å². The van der Waals surface area contributed by atoms with Gasteiger partial charge in [0.2, 0.25) is 0 Å². The molecule has 6 rings (SSSR count). The molecule has 2 N–H and O–H groups in total. The number of fused-ring (bicyclic) bond motifs is 6. The lowest BCUT2D eigenvalue weighted by atomic mass is 9.54. The number of anilines is 1. The van der Waals surface area contributed by atoms with Crippen LogP contribution in [-0.2, 0) is 11.2 Å². The van der Waals surface area contributed by atoms with Crippen LogP contribution in [0, 0.1) is 23.2 Å². The molecule has 3 aromatic rings. The Balaban J connectivity index is 1.09. The fourth-order valence-electron chi connectivity index (χ4n) is 8.08. The Kier molecular flexibility index (Phi) is 6.63. The highest BCUT2D eigenvalue weighted by atomic mass is 16.5. The average molecular weight is 511 g/mol. The number of rotatable bonds is 6. The van der Waals surface area contributed by atoms with Gasteiger partial charge >= 0.3 is 6.03 Å². The third-order valence-corrected chi connectivity index (χ3v) is 9.85. The van der Waals surface area contributed by atoms with Gasteiger partial charge in [-0.15, -0.1) is 0 Å². The number of ether oxygens (including phenoxy) is 1. The molecule has 0 radical (unpaired) electrons. The van der Waals surface area contributed by atoms with Gasteiger partial charge in [0.05, 0.1) is 12.8 Å². The van der Waals surface area contributed by atoms with Gasteiger partial charge in [-0.3, -0.25) is 4.79 Å². The number of carbonyl (C=O) groups excluding carboxylic acids is 2. The van der Waals surface area contributed by atoms with Crippen molar-refractivity contribution in [3.8, 4) is 5.75 Å². The summed E-state index contributed by atoms with van der Waals surface area (Å²) in [4.78, 5) is 25.9. The van der Waals surface area contributed by atoms with Gasteiger partial charge in [-0.25, -0.2) is 4.79 Å². The Morgan fingerprint density at radius 3 is 2.79 bits per heavy atom. The van der Waals surface area contributed by atoms with Crippen LogP contribution < -0.4 is 15.4 Å². The topological polar surface area (TPSA) is 67.4 Å². The van der Waals surface area contributed by atoms with Crippen LogP contribution in [0.25, 0.3) is 10.8 Å². The molecule has 0 spiro atoms. The molecule has 0 aliphatic heterocycles. The first-order chi connectivity index (χ1) is 18.5. The van der Waals surface area contributed by atoms with Gasteiger partial charge in [0.25, 0.3) is 0 Å². The number of hydrogen-bond acceptors (Lipinski definition) is 3. The van der Waals surface area contributed by atoms with Crippen LogP contribution in [-0.4, -0.2) is 25.5 Å². The zero-order valence-electron chi connectivity index (χ0n) is 22.5. The molecule has 3 aromatic carbocycles. The fourth-order valence-corrected chi connectivity index (χ4v) is 8.08. The summed E-state index contributed by atoms with van der Waals surface area (Å²) < 4.78 is 5.48. The van der Waals surface area contributed by atoms with E-state index in [9.17, 15) is 9.59 Å². The fraction of sp³-hybridized carbons (Fsp3) is 0.455. The van der Waals surface area contributed by atoms with Crippen LogP contribution in [0.1, 0.15) is 62.5 Å². The molecule has 3 aliphatic carbocycles. The number of Topliss-reactive ketones (excluding diaryl/α,β-unsaturated/α-hetero) is 1. The van der Waals surface area contributed by atoms with Crippen molar-refractivity contribution >= 4 is 28.3 Å². The predicted octanol–water partition coefficient (Wildman–Crippen LogP) is 7.10. The number of benzene rings is 3. The predicted molar refractivity (Wildman–Crippen MR) is 152 cm³/mol. The highest BCUT2D eigenvalue weighted by Crippen LogP contribution is 2.62. The molecule has 0 unspecified atom stereocenters. The normalized spacial score (nSPS) is 27.8. The zero-order chi connectivity index (χ0) is 26.3. The average Bonchev–Trinajstić information content (AvgIpc) is 3.20. The quantitative estimate of drug-likeness (QED) is 0.348. The Morgan fingerprint density at radius 2 is 1.92 bits per heavy atom. The second kappa shape index (κ2) is 10.1. The van der Waals surface area contributed by atoms with Crippen molar-refractivity contribution in [2.24, 2.45) is 23.2 Å². The Labute approximate surface area is 225 Å². The van der Waals surface area contributed by atoms with E-state index in [-0.39, 0.29) is 11.4 Å². The summed E-state index contributed by atoms with van der Waals surface area (Å²) in [5, 5.41) is 8.20. The second-order valence-corrected chi connectivity index (χ2v) is 11.8. The maximum Gasteiger partial charge on any atom is 0.319 e. The van der Waals surface area contributed by atoms with E-state index in [1.165, 1.54) is 11.1 Å². The number of nitrogens with one attached hydrogen (secondary N) is 2. The summed E-state index contributed by atoms with van der Waals surface area (Å²) in [5.74, 6) is 3.35. The van der Waals surface area contributed by atoms with Gasteiger partial charge in [-0.05, 0) is 96.9 Å². The SMILES string of the molecule is COc1ccc2c(c1)CC[C@H]1[C@@H]3[C@H](CCCNC(=O)Nc4cccc5ccccc45)CC(=O)[C@@]3(C)CC[C@H]21. The Morgan fingerprint density at radius 1 is 1.08 bits per heavy atom. The number of carbonyl (C=O) groups is 2. The number of amides is 2. The summed E-state index contributed by atoms with van der Waals surface area (Å²) >= 11 is 0. The van der Waals surface area contributed by atoms with Crippen LogP contribution >= 0.6 is 0 Å². The Hall–Kier alpha value is -3.34. The van der Waals surface area contributed by atoms with Gasteiger partial charge in [-0.1, -0.05) is 49.4 Å². The minimum Gasteiger partial charge on any atom is -0.497 e. The second-order valence-electron chi connectivity index (χ2n) is 11.8. The van der Waals surface area contributed by atoms with Gasteiger partial charge in [0.1, 0.15) is 11.5 Å². The molecule has 38 heavy (non-hydrogen) atoms. The van der Waals surface area contributed by atoms with E-state index < -0.39 is 0 Å². The molecule has 5 nitrogen and oxygen atoms in total. The standard InChI is InChI=1S/C33H38N2O3/c1-33-17-16-27-25-15-13-24(38-2)19-22(25)12-14-28(27)31(33)23(20-30(33)36)9-6-18-34-32(37)35-29-11-5-8-21-7-3-4-10-26(21)29/h3-5,7-8,10-11,13,15,19,23,27-28,31H,6,9,12,14,16-18,20H2,1-2H3,(H2,34,35,37)/t23-,27-,28-,31+,33-/m1/s1. The van der Waals surface area contributed by atoms with Crippen molar-refractivity contribution in [1.29, 1.82) is 0 Å².